The first-order chi connectivity index (χ1) is 13.1. The van der Waals surface area contributed by atoms with E-state index in [1.165, 1.54) is 7.05 Å². The van der Waals surface area contributed by atoms with E-state index in [-0.39, 0.29) is 23.8 Å². The first kappa shape index (κ1) is 21.8. The van der Waals surface area contributed by atoms with Gasteiger partial charge in [-0.3, -0.25) is 9.59 Å². The second kappa shape index (κ2) is 9.16. The summed E-state index contributed by atoms with van der Waals surface area (Å²) in [6.45, 7) is -0.479. The smallest absolute Gasteiger partial charge is 0.375 e. The minimum Gasteiger partial charge on any atom is -0.375 e. The SMILES string of the molecule is CN(CC(=O)Nc1ccccc1Cl)C(=O)CNc1ccc(C(F)(F)F)cc1Cl. The average Bonchev–Trinajstić information content (AvgIpc) is 2.61. The number of alkyl halides is 3. The zero-order valence-corrected chi connectivity index (χ0v) is 16.1. The second-order valence-electron chi connectivity index (χ2n) is 5.82. The van der Waals surface area contributed by atoms with Crippen molar-refractivity contribution in [2.45, 2.75) is 6.18 Å². The number of nitrogens with zero attached hydrogens (tertiary/aromatic N) is 1. The Labute approximate surface area is 169 Å². The van der Waals surface area contributed by atoms with Gasteiger partial charge in [0.05, 0.1) is 40.1 Å². The van der Waals surface area contributed by atoms with Crippen LogP contribution in [0, 0.1) is 0 Å². The first-order valence-electron chi connectivity index (χ1n) is 7.97. The standard InChI is InChI=1S/C18H16Cl2F3N3O2/c1-26(10-16(27)25-15-5-3-2-4-12(15)19)17(28)9-24-14-7-6-11(8-13(14)20)18(21,22)23/h2-8,24H,9-10H2,1H3,(H,25,27). The Balaban J connectivity index is 1.89. The van der Waals surface area contributed by atoms with Crippen molar-refractivity contribution in [2.24, 2.45) is 0 Å². The highest BCUT2D eigenvalue weighted by Crippen LogP contribution is 2.33. The summed E-state index contributed by atoms with van der Waals surface area (Å²) in [6, 6.07) is 9.43. The number of benzene rings is 2. The Morgan fingerprint density at radius 3 is 2.32 bits per heavy atom. The van der Waals surface area contributed by atoms with E-state index >= 15 is 0 Å². The van der Waals surface area contributed by atoms with Crippen molar-refractivity contribution in [3.63, 3.8) is 0 Å². The highest BCUT2D eigenvalue weighted by molar-refractivity contribution is 6.34. The fourth-order valence-corrected chi connectivity index (χ4v) is 2.63. The molecule has 0 bridgehead atoms. The number of carbonyl (C=O) groups is 2. The number of hydrogen-bond acceptors (Lipinski definition) is 3. The van der Waals surface area contributed by atoms with E-state index in [1.54, 1.807) is 24.3 Å². The van der Waals surface area contributed by atoms with Crippen LogP contribution >= 0.6 is 23.2 Å². The van der Waals surface area contributed by atoms with Crippen LogP contribution in [0.2, 0.25) is 10.0 Å². The molecule has 2 amide bonds. The van der Waals surface area contributed by atoms with Crippen molar-refractivity contribution in [1.29, 1.82) is 0 Å². The van der Waals surface area contributed by atoms with Gasteiger partial charge in [0.2, 0.25) is 11.8 Å². The lowest BCUT2D eigenvalue weighted by molar-refractivity contribution is -0.137. The molecule has 10 heteroatoms. The van der Waals surface area contributed by atoms with Crippen molar-refractivity contribution >= 4 is 46.4 Å². The van der Waals surface area contributed by atoms with Gasteiger partial charge in [-0.2, -0.15) is 13.2 Å². The maximum atomic E-state index is 12.6. The van der Waals surface area contributed by atoms with Crippen LogP contribution in [0.5, 0.6) is 0 Å². The van der Waals surface area contributed by atoms with Gasteiger partial charge in [-0.1, -0.05) is 35.3 Å². The summed E-state index contributed by atoms with van der Waals surface area (Å²) in [5, 5.41) is 5.45. The largest absolute Gasteiger partial charge is 0.416 e. The maximum Gasteiger partial charge on any atom is 0.416 e. The highest BCUT2D eigenvalue weighted by atomic mass is 35.5. The van der Waals surface area contributed by atoms with Gasteiger partial charge in [0.1, 0.15) is 0 Å². The molecule has 0 atom stereocenters. The van der Waals surface area contributed by atoms with Crippen molar-refractivity contribution in [3.8, 4) is 0 Å². The molecule has 5 nitrogen and oxygen atoms in total. The molecule has 0 aliphatic heterocycles. The molecule has 2 N–H and O–H groups in total. The Hall–Kier alpha value is -2.45. The zero-order chi connectivity index (χ0) is 20.9. The maximum absolute atomic E-state index is 12.6. The molecule has 2 aromatic carbocycles. The van der Waals surface area contributed by atoms with Crippen LogP contribution in [0.3, 0.4) is 0 Å². The number of anilines is 2. The highest BCUT2D eigenvalue weighted by Gasteiger charge is 2.30. The van der Waals surface area contributed by atoms with E-state index in [2.05, 4.69) is 10.6 Å². The van der Waals surface area contributed by atoms with E-state index in [1.807, 2.05) is 0 Å². The number of carbonyl (C=O) groups excluding carboxylic acids is 2. The van der Waals surface area contributed by atoms with Crippen molar-refractivity contribution in [3.05, 3.63) is 58.1 Å². The fraction of sp³-hybridized carbons (Fsp3) is 0.222. The third-order valence-corrected chi connectivity index (χ3v) is 4.32. The van der Waals surface area contributed by atoms with Gasteiger partial charge in [0.25, 0.3) is 0 Å². The molecule has 0 radical (unpaired) electrons. The lowest BCUT2D eigenvalue weighted by Crippen LogP contribution is -2.38. The number of hydrogen-bond donors (Lipinski definition) is 2. The summed E-state index contributed by atoms with van der Waals surface area (Å²) in [5.74, 6) is -0.901. The summed E-state index contributed by atoms with van der Waals surface area (Å²) >= 11 is 11.8. The Bertz CT molecular complexity index is 875. The molecule has 28 heavy (non-hydrogen) atoms. The molecule has 0 fully saturated rings. The average molecular weight is 434 g/mol. The third kappa shape index (κ3) is 6.03. The van der Waals surface area contributed by atoms with Crippen LogP contribution in [0.25, 0.3) is 0 Å². The van der Waals surface area contributed by atoms with Crippen molar-refractivity contribution in [2.75, 3.05) is 30.8 Å². The van der Waals surface area contributed by atoms with E-state index in [4.69, 9.17) is 23.2 Å². The molecule has 0 saturated heterocycles. The van der Waals surface area contributed by atoms with E-state index < -0.39 is 23.6 Å². The molecular formula is C18H16Cl2F3N3O2. The minimum atomic E-state index is -4.51. The summed E-state index contributed by atoms with van der Waals surface area (Å²) < 4.78 is 37.9. The van der Waals surface area contributed by atoms with E-state index in [9.17, 15) is 22.8 Å². The molecule has 0 unspecified atom stereocenters. The second-order valence-corrected chi connectivity index (χ2v) is 6.64. The predicted octanol–water partition coefficient (Wildman–Crippen LogP) is 4.52. The van der Waals surface area contributed by atoms with Gasteiger partial charge in [0, 0.05) is 7.05 Å². The Kier molecular flexibility index (Phi) is 7.15. The molecule has 0 aliphatic carbocycles. The topological polar surface area (TPSA) is 61.4 Å². The van der Waals surface area contributed by atoms with Crippen LogP contribution < -0.4 is 10.6 Å². The number of nitrogens with one attached hydrogen (secondary N) is 2. The quantitative estimate of drug-likeness (QED) is 0.703. The number of amides is 2. The first-order valence-corrected chi connectivity index (χ1v) is 8.72. The summed E-state index contributed by atoms with van der Waals surface area (Å²) in [5.41, 5.74) is -0.288. The van der Waals surface area contributed by atoms with Crippen molar-refractivity contribution in [1.82, 2.24) is 4.90 Å². The molecule has 2 aromatic rings. The molecule has 2 rings (SSSR count). The van der Waals surface area contributed by atoms with E-state index in [0.717, 1.165) is 23.1 Å². The van der Waals surface area contributed by atoms with Gasteiger partial charge in [-0.25, -0.2) is 0 Å². The molecule has 150 valence electrons. The van der Waals surface area contributed by atoms with E-state index in [0.29, 0.717) is 10.7 Å². The Morgan fingerprint density at radius 1 is 1.04 bits per heavy atom. The predicted molar refractivity (Wildman–Crippen MR) is 103 cm³/mol. The summed E-state index contributed by atoms with van der Waals surface area (Å²) in [4.78, 5) is 25.3. The number of rotatable bonds is 6. The fourth-order valence-electron chi connectivity index (χ4n) is 2.20. The summed E-state index contributed by atoms with van der Waals surface area (Å²) in [7, 11) is 1.42. The van der Waals surface area contributed by atoms with Gasteiger partial charge in [-0.15, -0.1) is 0 Å². The van der Waals surface area contributed by atoms with Crippen LogP contribution in [-0.4, -0.2) is 36.9 Å². The third-order valence-electron chi connectivity index (χ3n) is 3.68. The normalized spacial score (nSPS) is 11.1. The zero-order valence-electron chi connectivity index (χ0n) is 14.6. The van der Waals surface area contributed by atoms with Crippen LogP contribution in [-0.2, 0) is 15.8 Å². The number of likely N-dealkylation sites (N-methyl/N-ethyl adjacent to an activating group) is 1. The molecule has 0 heterocycles. The van der Waals surface area contributed by atoms with Gasteiger partial charge < -0.3 is 15.5 Å². The molecule has 0 aliphatic rings. The van der Waals surface area contributed by atoms with Crippen LogP contribution in [0.4, 0.5) is 24.5 Å². The lowest BCUT2D eigenvalue weighted by Gasteiger charge is -2.18. The van der Waals surface area contributed by atoms with Gasteiger partial charge in [-0.05, 0) is 30.3 Å². The molecule has 0 aromatic heterocycles. The number of halogens is 5. The molecular weight excluding hydrogens is 418 g/mol. The monoisotopic (exact) mass is 433 g/mol. The lowest BCUT2D eigenvalue weighted by atomic mass is 10.2. The van der Waals surface area contributed by atoms with Gasteiger partial charge >= 0.3 is 6.18 Å². The molecule has 0 saturated carbocycles. The number of para-hydroxylation sites is 1. The summed E-state index contributed by atoms with van der Waals surface area (Å²) in [6.07, 6.45) is -4.51. The van der Waals surface area contributed by atoms with Gasteiger partial charge in [0.15, 0.2) is 0 Å². The minimum absolute atomic E-state index is 0.165. The molecule has 0 spiro atoms. The van der Waals surface area contributed by atoms with Crippen molar-refractivity contribution < 1.29 is 22.8 Å². The van der Waals surface area contributed by atoms with Crippen LogP contribution in [0.1, 0.15) is 5.56 Å². The van der Waals surface area contributed by atoms with Crippen LogP contribution in [0.15, 0.2) is 42.5 Å². The Morgan fingerprint density at radius 2 is 1.71 bits per heavy atom.